The second-order valence-electron chi connectivity index (χ2n) is 7.99. The zero-order valence-corrected chi connectivity index (χ0v) is 16.2. The number of piperidine rings is 2. The topological polar surface area (TPSA) is 72.8 Å². The van der Waals surface area contributed by atoms with Crippen molar-refractivity contribution in [3.8, 4) is 0 Å². The molecule has 0 bridgehead atoms. The van der Waals surface area contributed by atoms with E-state index in [1.165, 1.54) is 0 Å². The van der Waals surface area contributed by atoms with Gasteiger partial charge in [-0.3, -0.25) is 4.79 Å². The van der Waals surface area contributed by atoms with Gasteiger partial charge in [0.05, 0.1) is 0 Å². The van der Waals surface area contributed by atoms with Gasteiger partial charge in [-0.25, -0.2) is 4.98 Å². The van der Waals surface area contributed by atoms with Crippen LogP contribution in [0.5, 0.6) is 0 Å². The Bertz CT molecular complexity index is 651. The Balaban J connectivity index is 1.76. The summed E-state index contributed by atoms with van der Waals surface area (Å²) in [7, 11) is 4.01. The fraction of sp³-hybridized carbons (Fsp3) is 0.737. The van der Waals surface area contributed by atoms with E-state index < -0.39 is 0 Å². The molecule has 0 saturated carbocycles. The van der Waals surface area contributed by atoms with Crippen LogP contribution in [-0.4, -0.2) is 72.8 Å². The van der Waals surface area contributed by atoms with Gasteiger partial charge in [-0.1, -0.05) is 0 Å². The van der Waals surface area contributed by atoms with E-state index in [0.717, 1.165) is 56.2 Å². The van der Waals surface area contributed by atoms with Crippen molar-refractivity contribution in [1.29, 1.82) is 0 Å². The molecule has 1 spiro atoms. The van der Waals surface area contributed by atoms with E-state index in [0.29, 0.717) is 19.4 Å². The maximum Gasteiger partial charge on any atom is 0.227 e. The fourth-order valence-electron chi connectivity index (χ4n) is 4.31. The summed E-state index contributed by atoms with van der Waals surface area (Å²) >= 11 is 0. The second kappa shape index (κ2) is 7.78. The molecule has 1 amide bonds. The molecular weight excluding hydrogens is 330 g/mol. The summed E-state index contributed by atoms with van der Waals surface area (Å²) in [6.45, 7) is 5.46. The van der Waals surface area contributed by atoms with Crippen molar-refractivity contribution in [3.05, 3.63) is 11.8 Å². The molecule has 26 heavy (non-hydrogen) atoms. The maximum atomic E-state index is 12.2. The van der Waals surface area contributed by atoms with Gasteiger partial charge >= 0.3 is 0 Å². The van der Waals surface area contributed by atoms with Crippen LogP contribution >= 0.6 is 0 Å². The highest BCUT2D eigenvalue weighted by atomic mass is 16.3. The van der Waals surface area contributed by atoms with Crippen molar-refractivity contribution < 1.29 is 9.90 Å². The summed E-state index contributed by atoms with van der Waals surface area (Å²) in [5.41, 5.74) is 1.19. The molecule has 0 aromatic carbocycles. The summed E-state index contributed by atoms with van der Waals surface area (Å²) < 4.78 is 0. The molecule has 1 atom stereocenters. The van der Waals surface area contributed by atoms with E-state index in [4.69, 9.17) is 10.1 Å². The number of carbonyl (C=O) groups excluding carboxylic acids is 1. The van der Waals surface area contributed by atoms with Crippen LogP contribution in [0, 0.1) is 12.3 Å². The van der Waals surface area contributed by atoms with Gasteiger partial charge in [0.2, 0.25) is 11.9 Å². The lowest BCUT2D eigenvalue weighted by molar-refractivity contribution is -0.138. The highest BCUT2D eigenvalue weighted by Gasteiger charge is 2.42. The number of hydrogen-bond acceptors (Lipinski definition) is 6. The van der Waals surface area contributed by atoms with E-state index in [9.17, 15) is 4.79 Å². The highest BCUT2D eigenvalue weighted by molar-refractivity contribution is 5.77. The van der Waals surface area contributed by atoms with Crippen LogP contribution in [-0.2, 0) is 4.79 Å². The molecule has 1 aromatic heterocycles. The number of nitrogens with zero attached hydrogens (tertiary/aromatic N) is 5. The van der Waals surface area contributed by atoms with Gasteiger partial charge in [0.1, 0.15) is 5.82 Å². The zero-order valence-electron chi connectivity index (χ0n) is 16.2. The van der Waals surface area contributed by atoms with Crippen LogP contribution < -0.4 is 9.80 Å². The highest BCUT2D eigenvalue weighted by Crippen LogP contribution is 2.39. The molecular formula is C19H31N5O2. The summed E-state index contributed by atoms with van der Waals surface area (Å²) in [5, 5.41) is 9.10. The summed E-state index contributed by atoms with van der Waals surface area (Å²) in [5.74, 6) is 1.97. The predicted molar refractivity (Wildman–Crippen MR) is 102 cm³/mol. The minimum atomic E-state index is 0.119. The van der Waals surface area contributed by atoms with Gasteiger partial charge in [0.15, 0.2) is 0 Å². The van der Waals surface area contributed by atoms with Gasteiger partial charge in [-0.2, -0.15) is 4.98 Å². The number of rotatable bonds is 5. The first-order valence-corrected chi connectivity index (χ1v) is 9.59. The summed E-state index contributed by atoms with van der Waals surface area (Å²) in [4.78, 5) is 27.9. The van der Waals surface area contributed by atoms with Gasteiger partial charge in [-0.15, -0.1) is 0 Å². The normalized spacial score (nSPS) is 23.6. The van der Waals surface area contributed by atoms with E-state index in [1.807, 2.05) is 37.0 Å². The Labute approximate surface area is 156 Å². The molecule has 2 aliphatic rings. The number of carbonyl (C=O) groups is 1. The molecule has 3 heterocycles. The summed E-state index contributed by atoms with van der Waals surface area (Å²) in [6, 6.07) is 0. The number of aromatic nitrogens is 2. The molecule has 3 rings (SSSR count). The van der Waals surface area contributed by atoms with Crippen molar-refractivity contribution in [2.75, 3.05) is 56.7 Å². The van der Waals surface area contributed by atoms with Gasteiger partial charge in [-0.05, 0) is 32.6 Å². The molecule has 7 nitrogen and oxygen atoms in total. The molecule has 1 N–H and O–H groups in total. The average molecular weight is 361 g/mol. The quantitative estimate of drug-likeness (QED) is 0.856. The SMILES string of the molecule is Cc1cnc(N2CCC[C@]3(CCC(=O)N(CCCO)C3)C2)nc1N(C)C. The number of hydrogen-bond donors (Lipinski definition) is 1. The third-order valence-electron chi connectivity index (χ3n) is 5.63. The first-order valence-electron chi connectivity index (χ1n) is 9.59. The Hall–Kier alpha value is -1.89. The average Bonchev–Trinajstić information content (AvgIpc) is 2.63. The van der Waals surface area contributed by atoms with Crippen molar-refractivity contribution in [1.82, 2.24) is 14.9 Å². The summed E-state index contributed by atoms with van der Waals surface area (Å²) in [6.07, 6.45) is 6.33. The number of anilines is 2. The van der Waals surface area contributed by atoms with Crippen LogP contribution in [0.4, 0.5) is 11.8 Å². The lowest BCUT2D eigenvalue weighted by Gasteiger charge is -2.48. The number of aliphatic hydroxyl groups is 1. The second-order valence-corrected chi connectivity index (χ2v) is 7.99. The van der Waals surface area contributed by atoms with E-state index in [1.54, 1.807) is 0 Å². The number of amides is 1. The molecule has 0 radical (unpaired) electrons. The van der Waals surface area contributed by atoms with Crippen molar-refractivity contribution in [2.24, 2.45) is 5.41 Å². The van der Waals surface area contributed by atoms with Crippen molar-refractivity contribution in [2.45, 2.75) is 39.0 Å². The van der Waals surface area contributed by atoms with Crippen LogP contribution in [0.2, 0.25) is 0 Å². The van der Waals surface area contributed by atoms with Gasteiger partial charge in [0.25, 0.3) is 0 Å². The minimum Gasteiger partial charge on any atom is -0.396 e. The third-order valence-corrected chi connectivity index (χ3v) is 5.63. The molecule has 2 aliphatic heterocycles. The largest absolute Gasteiger partial charge is 0.396 e. The number of likely N-dealkylation sites (tertiary alicyclic amines) is 1. The minimum absolute atomic E-state index is 0.119. The van der Waals surface area contributed by atoms with Crippen LogP contribution in [0.25, 0.3) is 0 Å². The molecule has 0 aliphatic carbocycles. The first kappa shape index (κ1) is 18.9. The smallest absolute Gasteiger partial charge is 0.227 e. The van der Waals surface area contributed by atoms with Gasteiger partial charge < -0.3 is 19.8 Å². The third kappa shape index (κ3) is 3.92. The molecule has 2 fully saturated rings. The standard InChI is InChI=1S/C19H31N5O2/c1-15-12-20-18(21-17(15)22(2)3)24-9-4-7-19(14-24)8-6-16(26)23(13-19)10-5-11-25/h12,25H,4-11,13-14H2,1-3H3/t19-/m1/s1. The van der Waals surface area contributed by atoms with Crippen LogP contribution in [0.15, 0.2) is 6.20 Å². The molecule has 7 heteroatoms. The van der Waals surface area contributed by atoms with E-state index in [-0.39, 0.29) is 17.9 Å². The molecule has 144 valence electrons. The lowest BCUT2D eigenvalue weighted by atomic mass is 9.73. The Kier molecular flexibility index (Phi) is 5.65. The first-order chi connectivity index (χ1) is 12.4. The van der Waals surface area contributed by atoms with Gasteiger partial charge in [0, 0.05) is 70.5 Å². The maximum absolute atomic E-state index is 12.2. The van der Waals surface area contributed by atoms with Crippen LogP contribution in [0.3, 0.4) is 0 Å². The van der Waals surface area contributed by atoms with Crippen LogP contribution in [0.1, 0.15) is 37.7 Å². The lowest BCUT2D eigenvalue weighted by Crippen LogP contribution is -2.54. The van der Waals surface area contributed by atoms with Crippen molar-refractivity contribution >= 4 is 17.7 Å². The monoisotopic (exact) mass is 361 g/mol. The zero-order chi connectivity index (χ0) is 18.7. The number of aliphatic hydroxyl groups excluding tert-OH is 1. The number of aryl methyl sites for hydroxylation is 1. The van der Waals surface area contributed by atoms with E-state index >= 15 is 0 Å². The Morgan fingerprint density at radius 3 is 2.85 bits per heavy atom. The Morgan fingerprint density at radius 2 is 2.12 bits per heavy atom. The van der Waals surface area contributed by atoms with Crippen molar-refractivity contribution in [3.63, 3.8) is 0 Å². The fourth-order valence-corrected chi connectivity index (χ4v) is 4.31. The molecule has 2 saturated heterocycles. The Morgan fingerprint density at radius 1 is 1.31 bits per heavy atom. The molecule has 1 aromatic rings. The van der Waals surface area contributed by atoms with E-state index in [2.05, 4.69) is 9.88 Å². The molecule has 0 unspecified atom stereocenters. The predicted octanol–water partition coefficient (Wildman–Crippen LogP) is 1.44.